The molecule has 0 saturated carbocycles. The van der Waals surface area contributed by atoms with E-state index in [1.165, 1.54) is 22.5 Å². The molecule has 0 spiro atoms. The van der Waals surface area contributed by atoms with Gasteiger partial charge < -0.3 is 13.9 Å². The van der Waals surface area contributed by atoms with Crippen LogP contribution in [0.1, 0.15) is 5.56 Å². The number of fused-ring (bicyclic) bond motifs is 2. The lowest BCUT2D eigenvalue weighted by Gasteiger charge is -2.08. The van der Waals surface area contributed by atoms with E-state index in [2.05, 4.69) is 9.97 Å². The molecule has 24 heavy (non-hydrogen) atoms. The largest absolute Gasteiger partial charge is 0.454 e. The first-order chi connectivity index (χ1) is 11.7. The van der Waals surface area contributed by atoms with Crippen LogP contribution in [0.4, 0.5) is 0 Å². The zero-order chi connectivity index (χ0) is 16.7. The second-order valence-corrected chi connectivity index (χ2v) is 5.80. The molecule has 0 aliphatic carbocycles. The van der Waals surface area contributed by atoms with E-state index in [-0.39, 0.29) is 24.4 Å². The molecule has 3 heterocycles. The van der Waals surface area contributed by atoms with E-state index in [9.17, 15) is 9.59 Å². The zero-order valence-electron chi connectivity index (χ0n) is 12.5. The van der Waals surface area contributed by atoms with E-state index in [1.54, 1.807) is 12.1 Å². The highest BCUT2D eigenvalue weighted by Crippen LogP contribution is 2.32. The van der Waals surface area contributed by atoms with Gasteiger partial charge in [-0.3, -0.25) is 4.57 Å². The first kappa shape index (κ1) is 14.8. The quantitative estimate of drug-likeness (QED) is 0.517. The molecule has 0 bridgehead atoms. The molecule has 1 aromatic carbocycles. The molecule has 2 aromatic heterocycles. The fraction of sp³-hybridized carbons (Fsp3) is 0.200. The topological polar surface area (TPSA) is 96.5 Å². The molecule has 9 heteroatoms. The molecule has 0 unspecified atom stereocenters. The summed E-state index contributed by atoms with van der Waals surface area (Å²) in [6.45, 7) is 0.354. The molecule has 0 saturated heterocycles. The Morgan fingerprint density at radius 3 is 2.92 bits per heavy atom. The van der Waals surface area contributed by atoms with Crippen LogP contribution >= 0.6 is 11.8 Å². The fourth-order valence-electron chi connectivity index (χ4n) is 2.44. The van der Waals surface area contributed by atoms with Crippen LogP contribution in [0.3, 0.4) is 0 Å². The lowest BCUT2D eigenvalue weighted by atomic mass is 10.2. The first-order valence-electron chi connectivity index (χ1n) is 6.99. The summed E-state index contributed by atoms with van der Waals surface area (Å²) in [5.74, 6) is 0.500. The number of thioether (sulfide) groups is 1. The number of benzene rings is 1. The summed E-state index contributed by atoms with van der Waals surface area (Å²) in [5, 5.41) is 0.625. The Hall–Kier alpha value is -2.81. The van der Waals surface area contributed by atoms with Gasteiger partial charge >= 0.3 is 11.4 Å². The summed E-state index contributed by atoms with van der Waals surface area (Å²) in [7, 11) is 0. The van der Waals surface area contributed by atoms with Gasteiger partial charge in [-0.1, -0.05) is 17.8 Å². The SMILES string of the molecule is CSc1ncc2c(=O)oc(=O)n(Cc3ccc4c(c3)OCO4)c2n1. The van der Waals surface area contributed by atoms with Crippen LogP contribution in [-0.2, 0) is 6.54 Å². The van der Waals surface area contributed by atoms with Crippen molar-refractivity contribution < 1.29 is 13.9 Å². The van der Waals surface area contributed by atoms with Gasteiger partial charge in [-0.2, -0.15) is 0 Å². The Kier molecular flexibility index (Phi) is 3.49. The summed E-state index contributed by atoms with van der Waals surface area (Å²) < 4.78 is 16.7. The van der Waals surface area contributed by atoms with Gasteiger partial charge in [-0.15, -0.1) is 0 Å². The standard InChI is InChI=1S/C15H11N3O5S/c1-24-14-16-5-9-12(17-14)18(15(20)23-13(9)19)6-8-2-3-10-11(4-8)22-7-21-10/h2-5H,6-7H2,1H3. The number of ether oxygens (including phenoxy) is 2. The minimum absolute atomic E-state index is 0.160. The van der Waals surface area contributed by atoms with E-state index in [0.717, 1.165) is 5.56 Å². The van der Waals surface area contributed by atoms with Crippen LogP contribution in [0.15, 0.2) is 43.6 Å². The highest BCUT2D eigenvalue weighted by Gasteiger charge is 2.16. The van der Waals surface area contributed by atoms with Crippen molar-refractivity contribution in [2.45, 2.75) is 11.7 Å². The van der Waals surface area contributed by atoms with Gasteiger partial charge in [0, 0.05) is 6.20 Å². The van der Waals surface area contributed by atoms with Gasteiger partial charge in [0.25, 0.3) is 0 Å². The van der Waals surface area contributed by atoms with E-state index in [1.807, 2.05) is 12.3 Å². The Balaban J connectivity index is 1.86. The minimum atomic E-state index is -0.768. The van der Waals surface area contributed by atoms with Crippen LogP contribution in [0.2, 0.25) is 0 Å². The van der Waals surface area contributed by atoms with E-state index < -0.39 is 11.4 Å². The highest BCUT2D eigenvalue weighted by molar-refractivity contribution is 7.98. The van der Waals surface area contributed by atoms with Crippen molar-refractivity contribution in [2.24, 2.45) is 0 Å². The van der Waals surface area contributed by atoms with E-state index in [4.69, 9.17) is 13.9 Å². The molecule has 4 rings (SSSR count). The van der Waals surface area contributed by atoms with Gasteiger partial charge in [-0.05, 0) is 24.0 Å². The lowest BCUT2D eigenvalue weighted by molar-refractivity contribution is 0.174. The predicted octanol–water partition coefficient (Wildman–Crippen LogP) is 1.24. The zero-order valence-corrected chi connectivity index (χ0v) is 13.3. The second-order valence-electron chi connectivity index (χ2n) is 5.02. The summed E-state index contributed by atoms with van der Waals surface area (Å²) >= 11 is 1.32. The third-order valence-electron chi connectivity index (χ3n) is 3.58. The molecule has 0 N–H and O–H groups in total. The number of aromatic nitrogens is 3. The summed E-state index contributed by atoms with van der Waals surface area (Å²) in [6.07, 6.45) is 3.18. The molecule has 122 valence electrons. The number of hydrogen-bond donors (Lipinski definition) is 0. The molecule has 8 nitrogen and oxygen atoms in total. The lowest BCUT2D eigenvalue weighted by Crippen LogP contribution is -2.26. The minimum Gasteiger partial charge on any atom is -0.454 e. The van der Waals surface area contributed by atoms with Gasteiger partial charge in [0.15, 0.2) is 22.3 Å². The van der Waals surface area contributed by atoms with Gasteiger partial charge in [0.2, 0.25) is 6.79 Å². The Morgan fingerprint density at radius 1 is 1.25 bits per heavy atom. The predicted molar refractivity (Wildman–Crippen MR) is 85.8 cm³/mol. The molecular weight excluding hydrogens is 334 g/mol. The molecule has 0 fully saturated rings. The monoisotopic (exact) mass is 345 g/mol. The van der Waals surface area contributed by atoms with Gasteiger partial charge in [0.05, 0.1) is 6.54 Å². The third-order valence-corrected chi connectivity index (χ3v) is 4.14. The van der Waals surface area contributed by atoms with Crippen molar-refractivity contribution in [1.82, 2.24) is 14.5 Å². The maximum Gasteiger partial charge on any atom is 0.423 e. The summed E-state index contributed by atoms with van der Waals surface area (Å²) in [5.41, 5.74) is 0.290. The average Bonchev–Trinajstić information content (AvgIpc) is 3.05. The summed E-state index contributed by atoms with van der Waals surface area (Å²) in [6, 6.07) is 5.36. The number of nitrogens with zero attached hydrogens (tertiary/aromatic N) is 3. The third kappa shape index (κ3) is 2.42. The molecule has 3 aromatic rings. The molecule has 1 aliphatic heterocycles. The molecule has 0 atom stereocenters. The molecule has 0 amide bonds. The number of hydrogen-bond acceptors (Lipinski definition) is 8. The van der Waals surface area contributed by atoms with Crippen molar-refractivity contribution >= 4 is 22.8 Å². The van der Waals surface area contributed by atoms with Crippen molar-refractivity contribution in [1.29, 1.82) is 0 Å². The van der Waals surface area contributed by atoms with E-state index >= 15 is 0 Å². The Morgan fingerprint density at radius 2 is 2.08 bits per heavy atom. The Labute approximate surface area is 139 Å². The fourth-order valence-corrected chi connectivity index (χ4v) is 2.78. The molecule has 0 radical (unpaired) electrons. The Bertz CT molecular complexity index is 1060. The van der Waals surface area contributed by atoms with Crippen LogP contribution in [0.5, 0.6) is 11.5 Å². The molecular formula is C15H11N3O5S. The smallest absolute Gasteiger partial charge is 0.423 e. The normalized spacial score (nSPS) is 12.7. The van der Waals surface area contributed by atoms with Crippen LogP contribution in [0, 0.1) is 0 Å². The van der Waals surface area contributed by atoms with Gasteiger partial charge in [0.1, 0.15) is 5.39 Å². The van der Waals surface area contributed by atoms with Crippen molar-refractivity contribution in [3.05, 3.63) is 50.9 Å². The van der Waals surface area contributed by atoms with Crippen LogP contribution in [-0.4, -0.2) is 27.6 Å². The summed E-state index contributed by atoms with van der Waals surface area (Å²) in [4.78, 5) is 32.4. The van der Waals surface area contributed by atoms with Crippen LogP contribution in [0.25, 0.3) is 11.0 Å². The van der Waals surface area contributed by atoms with Crippen molar-refractivity contribution in [2.75, 3.05) is 13.0 Å². The van der Waals surface area contributed by atoms with Crippen LogP contribution < -0.4 is 20.9 Å². The maximum atomic E-state index is 12.2. The van der Waals surface area contributed by atoms with E-state index in [0.29, 0.717) is 16.7 Å². The average molecular weight is 345 g/mol. The van der Waals surface area contributed by atoms with Crippen molar-refractivity contribution in [3.63, 3.8) is 0 Å². The molecule has 1 aliphatic rings. The first-order valence-corrected chi connectivity index (χ1v) is 8.21. The maximum absolute atomic E-state index is 12.2. The van der Waals surface area contributed by atoms with Crippen molar-refractivity contribution in [3.8, 4) is 11.5 Å². The van der Waals surface area contributed by atoms with Gasteiger partial charge in [-0.25, -0.2) is 19.6 Å². The highest BCUT2D eigenvalue weighted by atomic mass is 32.2. The second kappa shape index (κ2) is 5.68. The number of rotatable bonds is 3.